The van der Waals surface area contributed by atoms with Crippen molar-refractivity contribution in [3.8, 4) is 6.07 Å². The molecule has 5 heteroatoms. The molecule has 0 saturated carbocycles. The van der Waals surface area contributed by atoms with E-state index in [-0.39, 0.29) is 17.9 Å². The molecule has 5 nitrogen and oxygen atoms in total. The molecular formula is C25H18N3O2+. The molecular weight excluding hydrogens is 374 g/mol. The van der Waals surface area contributed by atoms with Crippen molar-refractivity contribution in [2.24, 2.45) is 11.8 Å². The number of hydrogen-bond acceptors (Lipinski definition) is 3. The van der Waals surface area contributed by atoms with Crippen molar-refractivity contribution < 1.29 is 14.5 Å². The molecule has 30 heavy (non-hydrogen) atoms. The van der Waals surface area contributed by atoms with Gasteiger partial charge in [0.05, 0.1) is 11.9 Å². The summed E-state index contributed by atoms with van der Waals surface area (Å²) in [7, 11) is 0. The van der Waals surface area contributed by atoms with E-state index in [9.17, 15) is 14.9 Å². The molecule has 1 N–H and O–H groups in total. The van der Waals surface area contributed by atoms with Crippen molar-refractivity contribution in [3.05, 3.63) is 84.1 Å². The van der Waals surface area contributed by atoms with E-state index in [1.807, 2.05) is 79.0 Å². The van der Waals surface area contributed by atoms with Crippen LogP contribution in [0.3, 0.4) is 0 Å². The van der Waals surface area contributed by atoms with Gasteiger partial charge in [-0.25, -0.2) is 4.90 Å². The number of benzene rings is 3. The second-order valence-corrected chi connectivity index (χ2v) is 8.11. The van der Waals surface area contributed by atoms with Gasteiger partial charge >= 0.3 is 0 Å². The van der Waals surface area contributed by atoms with Gasteiger partial charge < -0.3 is 0 Å². The summed E-state index contributed by atoms with van der Waals surface area (Å²) < 4.78 is 0. The van der Waals surface area contributed by atoms with Crippen LogP contribution < -0.4 is 9.80 Å². The number of rotatable bonds is 1. The lowest BCUT2D eigenvalue weighted by molar-refractivity contribution is -0.885. The fraction of sp³-hybridized carbons (Fsp3) is 0.160. The third-order valence-corrected chi connectivity index (χ3v) is 6.77. The Kier molecular flexibility index (Phi) is 3.50. The first-order valence-corrected chi connectivity index (χ1v) is 10.1. The normalized spacial score (nSPS) is 28.9. The summed E-state index contributed by atoms with van der Waals surface area (Å²) in [6, 6.07) is 22.9. The van der Waals surface area contributed by atoms with E-state index in [4.69, 9.17) is 0 Å². The summed E-state index contributed by atoms with van der Waals surface area (Å²) in [4.78, 5) is 29.5. The number of amides is 2. The van der Waals surface area contributed by atoms with Crippen molar-refractivity contribution in [1.29, 1.82) is 5.26 Å². The Morgan fingerprint density at radius 2 is 1.60 bits per heavy atom. The molecule has 3 heterocycles. The fourth-order valence-corrected chi connectivity index (χ4v) is 5.53. The fourth-order valence-electron chi connectivity index (χ4n) is 5.53. The molecule has 2 amide bonds. The van der Waals surface area contributed by atoms with Crippen LogP contribution in [0.25, 0.3) is 16.8 Å². The van der Waals surface area contributed by atoms with Crippen LogP contribution in [0.5, 0.6) is 0 Å². The minimum Gasteiger partial charge on any atom is -0.287 e. The van der Waals surface area contributed by atoms with E-state index in [0.29, 0.717) is 5.69 Å². The van der Waals surface area contributed by atoms with Crippen molar-refractivity contribution in [2.75, 3.05) is 4.90 Å². The number of fused-ring (bicyclic) bond motifs is 6. The van der Waals surface area contributed by atoms with Crippen LogP contribution >= 0.6 is 0 Å². The summed E-state index contributed by atoms with van der Waals surface area (Å²) in [5, 5.41) is 11.8. The van der Waals surface area contributed by atoms with Crippen LogP contribution in [0.15, 0.2) is 72.9 Å². The van der Waals surface area contributed by atoms with Crippen LogP contribution in [0.4, 0.5) is 5.69 Å². The number of quaternary nitrogens is 1. The Morgan fingerprint density at radius 1 is 0.867 bits per heavy atom. The summed E-state index contributed by atoms with van der Waals surface area (Å²) in [6.45, 7) is 0. The summed E-state index contributed by atoms with van der Waals surface area (Å²) in [6.07, 6.45) is 3.94. The molecule has 0 aliphatic carbocycles. The highest BCUT2D eigenvalue weighted by atomic mass is 16.2. The molecule has 0 radical (unpaired) electrons. The molecule has 0 spiro atoms. The number of anilines is 1. The Morgan fingerprint density at radius 3 is 2.47 bits per heavy atom. The molecule has 0 bridgehead atoms. The lowest BCUT2D eigenvalue weighted by Gasteiger charge is -2.29. The second kappa shape index (κ2) is 6.12. The lowest BCUT2D eigenvalue weighted by atomic mass is 9.85. The largest absolute Gasteiger partial charge is 0.287 e. The molecule has 1 unspecified atom stereocenters. The van der Waals surface area contributed by atoms with Gasteiger partial charge in [-0.05, 0) is 23.1 Å². The lowest BCUT2D eigenvalue weighted by Crippen LogP contribution is -3.10. The van der Waals surface area contributed by atoms with E-state index >= 15 is 0 Å². The van der Waals surface area contributed by atoms with Gasteiger partial charge in [-0.2, -0.15) is 5.26 Å². The van der Waals surface area contributed by atoms with E-state index in [0.717, 1.165) is 26.8 Å². The first kappa shape index (κ1) is 17.1. The predicted molar refractivity (Wildman–Crippen MR) is 112 cm³/mol. The van der Waals surface area contributed by atoms with Gasteiger partial charge in [0.1, 0.15) is 23.9 Å². The summed E-state index contributed by atoms with van der Waals surface area (Å²) in [5.74, 6) is -1.65. The zero-order valence-corrected chi connectivity index (χ0v) is 16.0. The monoisotopic (exact) mass is 392 g/mol. The Balaban J connectivity index is 1.52. The molecule has 5 atom stereocenters. The van der Waals surface area contributed by atoms with E-state index in [2.05, 4.69) is 6.07 Å². The van der Waals surface area contributed by atoms with Gasteiger partial charge in [0.25, 0.3) is 0 Å². The van der Waals surface area contributed by atoms with Gasteiger partial charge in [0, 0.05) is 10.9 Å². The summed E-state index contributed by atoms with van der Waals surface area (Å²) in [5.41, 5.74) is 2.69. The van der Waals surface area contributed by atoms with Gasteiger partial charge in [0.2, 0.25) is 11.8 Å². The minimum absolute atomic E-state index is 0.202. The van der Waals surface area contributed by atoms with Crippen molar-refractivity contribution in [2.45, 2.75) is 12.1 Å². The van der Waals surface area contributed by atoms with E-state index < -0.39 is 17.9 Å². The molecule has 2 saturated heterocycles. The van der Waals surface area contributed by atoms with Crippen molar-refractivity contribution >= 4 is 34.4 Å². The average molecular weight is 392 g/mol. The molecule has 144 valence electrons. The predicted octanol–water partition coefficient (Wildman–Crippen LogP) is 2.46. The molecule has 3 aromatic carbocycles. The number of hydrogen-bond donors (Lipinski definition) is 1. The maximum atomic E-state index is 13.7. The number of nitriles is 1. The Hall–Kier alpha value is -3.75. The van der Waals surface area contributed by atoms with Crippen molar-refractivity contribution in [1.82, 2.24) is 0 Å². The second-order valence-electron chi connectivity index (χ2n) is 8.11. The molecule has 3 aliphatic rings. The van der Waals surface area contributed by atoms with Crippen molar-refractivity contribution in [3.63, 3.8) is 0 Å². The van der Waals surface area contributed by atoms with Gasteiger partial charge in [-0.15, -0.1) is 0 Å². The standard InChI is InChI=1S/C25H17N3O2/c26-14-20-21-22(23-18-10-4-2-7-16(18)12-13-27(20)23)25(30)28(24(21)29)19-11-5-8-15-6-1-3-9-17(15)19/h1-13,20-23H/p+1/t20-,21+,22+,23+/m0/s1. The summed E-state index contributed by atoms with van der Waals surface area (Å²) >= 11 is 0. The highest BCUT2D eigenvalue weighted by Crippen LogP contribution is 2.45. The minimum atomic E-state index is -0.641. The SMILES string of the molecule is N#C[C@H]1[C@H]2C(=O)N(c3cccc4ccccc34)C(=O)[C@H]2[C@H]2c3ccccc3C=C[NH+]21. The maximum absolute atomic E-state index is 13.7. The van der Waals surface area contributed by atoms with Crippen LogP contribution in [-0.4, -0.2) is 17.9 Å². The quantitative estimate of drug-likeness (QED) is 0.647. The molecule has 6 rings (SSSR count). The third-order valence-electron chi connectivity index (χ3n) is 6.77. The van der Waals surface area contributed by atoms with Crippen LogP contribution in [-0.2, 0) is 9.59 Å². The number of carbonyl (C=O) groups is 2. The zero-order chi connectivity index (χ0) is 20.4. The molecule has 3 aromatic rings. The van der Waals surface area contributed by atoms with Crippen LogP contribution in [0.1, 0.15) is 17.2 Å². The number of nitrogens with one attached hydrogen (secondary N) is 1. The zero-order valence-electron chi connectivity index (χ0n) is 16.0. The average Bonchev–Trinajstić information content (AvgIpc) is 3.26. The molecule has 0 aromatic heterocycles. The molecule has 3 aliphatic heterocycles. The first-order chi connectivity index (χ1) is 14.7. The smallest absolute Gasteiger partial charge is 0.245 e. The number of nitrogens with zero attached hydrogens (tertiary/aromatic N) is 2. The number of carbonyl (C=O) groups excluding carboxylic acids is 2. The van der Waals surface area contributed by atoms with E-state index in [1.165, 1.54) is 4.90 Å². The Bertz CT molecular complexity index is 1300. The number of imide groups is 1. The maximum Gasteiger partial charge on any atom is 0.245 e. The van der Waals surface area contributed by atoms with Crippen LogP contribution in [0, 0.1) is 23.2 Å². The van der Waals surface area contributed by atoms with Gasteiger partial charge in [-0.3, -0.25) is 14.5 Å². The van der Waals surface area contributed by atoms with Gasteiger partial charge in [-0.1, -0.05) is 60.7 Å². The highest BCUT2D eigenvalue weighted by molar-refractivity contribution is 6.25. The third kappa shape index (κ3) is 2.09. The van der Waals surface area contributed by atoms with Crippen LogP contribution in [0.2, 0.25) is 0 Å². The van der Waals surface area contributed by atoms with E-state index in [1.54, 1.807) is 0 Å². The first-order valence-electron chi connectivity index (χ1n) is 10.1. The molecule has 2 fully saturated rings. The highest BCUT2D eigenvalue weighted by Gasteiger charge is 2.66. The topological polar surface area (TPSA) is 65.6 Å². The van der Waals surface area contributed by atoms with Gasteiger partial charge in [0.15, 0.2) is 6.04 Å². The Labute approximate surface area is 173 Å².